The fourth-order valence-electron chi connectivity index (χ4n) is 4.19. The van der Waals surface area contributed by atoms with Crippen LogP contribution in [0.1, 0.15) is 64.2 Å². The maximum Gasteiger partial charge on any atom is 0.252 e. The number of tetrazole rings is 1. The predicted octanol–water partition coefficient (Wildman–Crippen LogP) is 4.41. The fraction of sp³-hybridized carbons (Fsp3) is 0.440. The van der Waals surface area contributed by atoms with Crippen LogP contribution in [0.5, 0.6) is 5.75 Å². The lowest BCUT2D eigenvalue weighted by molar-refractivity contribution is 0.142. The SMILES string of the molecule is CCOc1ccc2[nH]c(=O)c(CN(Cc3ccco3)[C@H](CC)c3nnnn3C(C)(C)C)cc2c1. The predicted molar refractivity (Wildman–Crippen MR) is 130 cm³/mol. The topological polar surface area (TPSA) is 102 Å². The van der Waals surface area contributed by atoms with E-state index in [1.807, 2.05) is 48.0 Å². The first kappa shape index (κ1) is 23.7. The number of ether oxygens (including phenoxy) is 1. The molecule has 0 bridgehead atoms. The van der Waals surface area contributed by atoms with Gasteiger partial charge in [0.1, 0.15) is 11.5 Å². The molecule has 3 aromatic heterocycles. The van der Waals surface area contributed by atoms with Crippen molar-refractivity contribution in [1.82, 2.24) is 30.1 Å². The Morgan fingerprint density at radius 3 is 2.68 bits per heavy atom. The molecule has 180 valence electrons. The second kappa shape index (κ2) is 9.80. The molecule has 0 aliphatic heterocycles. The molecule has 4 rings (SSSR count). The van der Waals surface area contributed by atoms with Crippen LogP contribution in [0.3, 0.4) is 0 Å². The average molecular weight is 465 g/mol. The lowest BCUT2D eigenvalue weighted by atomic mass is 10.1. The van der Waals surface area contributed by atoms with Gasteiger partial charge in [0.25, 0.3) is 5.56 Å². The number of benzene rings is 1. The number of hydrogen-bond donors (Lipinski definition) is 1. The largest absolute Gasteiger partial charge is 0.494 e. The molecule has 0 aliphatic rings. The summed E-state index contributed by atoms with van der Waals surface area (Å²) < 4.78 is 13.2. The number of nitrogens with zero attached hydrogens (tertiary/aromatic N) is 5. The molecule has 9 nitrogen and oxygen atoms in total. The van der Waals surface area contributed by atoms with E-state index in [4.69, 9.17) is 9.15 Å². The molecule has 0 aliphatic carbocycles. The summed E-state index contributed by atoms with van der Waals surface area (Å²) in [5.41, 5.74) is 1.03. The van der Waals surface area contributed by atoms with Crippen LogP contribution in [-0.2, 0) is 18.6 Å². The van der Waals surface area contributed by atoms with Crippen molar-refractivity contribution in [1.29, 1.82) is 0 Å². The summed E-state index contributed by atoms with van der Waals surface area (Å²) in [7, 11) is 0. The number of nitrogens with one attached hydrogen (secondary N) is 1. The number of aromatic nitrogens is 5. The number of aromatic amines is 1. The van der Waals surface area contributed by atoms with Crippen LogP contribution in [-0.4, -0.2) is 36.7 Å². The molecule has 4 aromatic rings. The lowest BCUT2D eigenvalue weighted by Crippen LogP contribution is -2.35. The number of furan rings is 1. The van der Waals surface area contributed by atoms with E-state index < -0.39 is 0 Å². The minimum absolute atomic E-state index is 0.119. The lowest BCUT2D eigenvalue weighted by Gasteiger charge is -2.31. The first-order valence-corrected chi connectivity index (χ1v) is 11.6. The van der Waals surface area contributed by atoms with Crippen LogP contribution in [0.2, 0.25) is 0 Å². The molecule has 3 heterocycles. The fourth-order valence-corrected chi connectivity index (χ4v) is 4.19. The summed E-state index contributed by atoms with van der Waals surface area (Å²) in [6, 6.07) is 11.3. The highest BCUT2D eigenvalue weighted by Crippen LogP contribution is 2.29. The summed E-state index contributed by atoms with van der Waals surface area (Å²) in [5.74, 6) is 2.35. The smallest absolute Gasteiger partial charge is 0.252 e. The van der Waals surface area contributed by atoms with Crippen LogP contribution in [0.25, 0.3) is 10.9 Å². The Kier molecular flexibility index (Phi) is 6.83. The van der Waals surface area contributed by atoms with Crippen molar-refractivity contribution in [3.05, 3.63) is 70.2 Å². The molecule has 1 atom stereocenters. The average Bonchev–Trinajstić information content (AvgIpc) is 3.47. The van der Waals surface area contributed by atoms with E-state index >= 15 is 0 Å². The summed E-state index contributed by atoms with van der Waals surface area (Å²) in [5, 5.41) is 13.5. The van der Waals surface area contributed by atoms with Crippen LogP contribution in [0.4, 0.5) is 0 Å². The Morgan fingerprint density at radius 2 is 2.00 bits per heavy atom. The molecular weight excluding hydrogens is 432 g/mol. The molecule has 0 saturated heterocycles. The van der Waals surface area contributed by atoms with Gasteiger partial charge in [-0.2, -0.15) is 0 Å². The van der Waals surface area contributed by atoms with Gasteiger partial charge in [0, 0.05) is 23.0 Å². The van der Waals surface area contributed by atoms with Gasteiger partial charge in [-0.3, -0.25) is 9.69 Å². The third kappa shape index (κ3) is 5.04. The molecule has 1 N–H and O–H groups in total. The molecular formula is C25H32N6O3. The number of hydrogen-bond acceptors (Lipinski definition) is 7. The molecule has 0 radical (unpaired) electrons. The van der Waals surface area contributed by atoms with Crippen LogP contribution in [0.15, 0.2) is 51.9 Å². The van der Waals surface area contributed by atoms with Gasteiger partial charge in [0.15, 0.2) is 5.82 Å². The van der Waals surface area contributed by atoms with Gasteiger partial charge in [-0.25, -0.2) is 4.68 Å². The van der Waals surface area contributed by atoms with Crippen molar-refractivity contribution in [2.45, 2.75) is 65.7 Å². The van der Waals surface area contributed by atoms with E-state index in [0.29, 0.717) is 25.3 Å². The zero-order valence-electron chi connectivity index (χ0n) is 20.4. The summed E-state index contributed by atoms with van der Waals surface area (Å²) >= 11 is 0. The van der Waals surface area contributed by atoms with E-state index in [9.17, 15) is 4.79 Å². The molecule has 0 fully saturated rings. The third-order valence-corrected chi connectivity index (χ3v) is 5.77. The third-order valence-electron chi connectivity index (χ3n) is 5.77. The Bertz CT molecular complexity index is 1290. The highest BCUT2D eigenvalue weighted by atomic mass is 16.5. The van der Waals surface area contributed by atoms with E-state index in [1.165, 1.54) is 0 Å². The first-order chi connectivity index (χ1) is 16.3. The molecule has 1 aromatic carbocycles. The van der Waals surface area contributed by atoms with Crippen molar-refractivity contribution in [3.63, 3.8) is 0 Å². The Balaban J connectivity index is 1.74. The van der Waals surface area contributed by atoms with Crippen molar-refractivity contribution < 1.29 is 9.15 Å². The number of rotatable bonds is 9. The first-order valence-electron chi connectivity index (χ1n) is 11.6. The van der Waals surface area contributed by atoms with Gasteiger partial charge in [0.05, 0.1) is 31.0 Å². The number of pyridine rings is 1. The molecule has 0 spiro atoms. The molecule has 0 unspecified atom stereocenters. The van der Waals surface area contributed by atoms with E-state index in [1.54, 1.807) is 6.26 Å². The Labute approximate surface area is 198 Å². The zero-order valence-corrected chi connectivity index (χ0v) is 20.4. The minimum atomic E-state index is -0.279. The Hall–Kier alpha value is -3.46. The summed E-state index contributed by atoms with van der Waals surface area (Å²) in [4.78, 5) is 18.2. The molecule has 0 amide bonds. The highest BCUT2D eigenvalue weighted by molar-refractivity contribution is 5.80. The normalized spacial score (nSPS) is 13.0. The quantitative estimate of drug-likeness (QED) is 0.391. The number of fused-ring (bicyclic) bond motifs is 1. The van der Waals surface area contributed by atoms with Crippen molar-refractivity contribution in [2.75, 3.05) is 6.61 Å². The summed E-state index contributed by atoms with van der Waals surface area (Å²) in [6.07, 6.45) is 2.42. The molecule has 9 heteroatoms. The van der Waals surface area contributed by atoms with E-state index in [2.05, 4.69) is 53.1 Å². The molecule has 0 saturated carbocycles. The van der Waals surface area contributed by atoms with Crippen molar-refractivity contribution in [3.8, 4) is 5.75 Å². The van der Waals surface area contributed by atoms with E-state index in [-0.39, 0.29) is 17.1 Å². The highest BCUT2D eigenvalue weighted by Gasteiger charge is 2.30. The van der Waals surface area contributed by atoms with Crippen LogP contribution >= 0.6 is 0 Å². The second-order valence-corrected chi connectivity index (χ2v) is 9.33. The van der Waals surface area contributed by atoms with Gasteiger partial charge < -0.3 is 14.1 Å². The standard InChI is InChI=1S/C25H32N6O3/c1-6-22(23-27-28-29-31(23)25(3,4)5)30(16-20-9-8-12-34-20)15-18-13-17-14-19(33-7-2)10-11-21(17)26-24(18)32/h8-14,22H,6-7,15-16H2,1-5H3,(H,26,32)/t22-/m1/s1. The van der Waals surface area contributed by atoms with Gasteiger partial charge in [0.2, 0.25) is 0 Å². The summed E-state index contributed by atoms with van der Waals surface area (Å²) in [6.45, 7) is 11.8. The maximum atomic E-state index is 13.0. The minimum Gasteiger partial charge on any atom is -0.494 e. The monoisotopic (exact) mass is 464 g/mol. The van der Waals surface area contributed by atoms with E-state index in [0.717, 1.165) is 34.7 Å². The molecule has 34 heavy (non-hydrogen) atoms. The second-order valence-electron chi connectivity index (χ2n) is 9.33. The van der Waals surface area contributed by atoms with Gasteiger partial charge >= 0.3 is 0 Å². The maximum absolute atomic E-state index is 13.0. The Morgan fingerprint density at radius 1 is 1.18 bits per heavy atom. The van der Waals surface area contributed by atoms with Crippen LogP contribution < -0.4 is 10.3 Å². The van der Waals surface area contributed by atoms with Gasteiger partial charge in [-0.15, -0.1) is 5.10 Å². The van der Waals surface area contributed by atoms with Crippen LogP contribution in [0, 0.1) is 0 Å². The van der Waals surface area contributed by atoms with Crippen molar-refractivity contribution >= 4 is 10.9 Å². The van der Waals surface area contributed by atoms with Gasteiger partial charge in [-0.1, -0.05) is 6.92 Å². The van der Waals surface area contributed by atoms with Crippen molar-refractivity contribution in [2.24, 2.45) is 0 Å². The number of H-pyrrole nitrogens is 1. The van der Waals surface area contributed by atoms with Gasteiger partial charge in [-0.05, 0) is 80.9 Å². The zero-order chi connectivity index (χ0) is 24.3.